The van der Waals surface area contributed by atoms with Crippen LogP contribution in [-0.2, 0) is 37.5 Å². The molecule has 0 amide bonds. The summed E-state index contributed by atoms with van der Waals surface area (Å²) in [6.45, 7) is 2.40. The second kappa shape index (κ2) is 34.0. The summed E-state index contributed by atoms with van der Waals surface area (Å²) in [6.07, 6.45) is 29.9. The second-order valence-corrected chi connectivity index (χ2v) is 16.9. The number of carbonyl (C=O) groups excluding carboxylic acids is 2. The van der Waals surface area contributed by atoms with Crippen molar-refractivity contribution in [1.82, 2.24) is 0 Å². The van der Waals surface area contributed by atoms with Crippen LogP contribution in [0, 0.1) is 11.8 Å². The molecule has 1 unspecified atom stereocenters. The predicted octanol–water partition coefficient (Wildman–Crippen LogP) is 7.77. The average molecular weight is 858 g/mol. The normalized spacial score (nSPS) is 21.1. The van der Waals surface area contributed by atoms with Gasteiger partial charge in [0.15, 0.2) is 6.10 Å². The van der Waals surface area contributed by atoms with Gasteiger partial charge in [0.25, 0.3) is 0 Å². The standard InChI is InChI=1S/C44H76NO13P/c1-3-5-7-8-9-10-11-12-13-14-15-16-17-18-23-27-42(49)55-32-36(33-56-59(53,54)57-34-39(45)44(51)52)58-43(50)28-24-20-19-22-26-37-38(41(48)31-40(37)47)30-29-35(46)25-21-6-4-2/h9-10,12-13,19,22,29-30,35-41,46-48H,3-8,11,14-18,20-21,23-28,31-34,45H2,1-2H3,(H,51,52)(H,53,54)/b10-9-,13-12-,22-19+,30-29+/t35-,36+,37+,38+,39-,40-,41+/m0/s1. The van der Waals surface area contributed by atoms with Crippen LogP contribution in [0.2, 0.25) is 0 Å². The van der Waals surface area contributed by atoms with Gasteiger partial charge in [-0.3, -0.25) is 23.4 Å². The lowest BCUT2D eigenvalue weighted by Gasteiger charge is -2.20. The number of phosphoric ester groups is 1. The number of carboxylic acids is 1. The first-order valence-electron chi connectivity index (χ1n) is 21.9. The summed E-state index contributed by atoms with van der Waals surface area (Å²) in [5.74, 6) is -3.11. The monoisotopic (exact) mass is 858 g/mol. The second-order valence-electron chi connectivity index (χ2n) is 15.4. The molecule has 1 aliphatic rings. The summed E-state index contributed by atoms with van der Waals surface area (Å²) in [6, 6.07) is -1.57. The minimum atomic E-state index is -4.79. The molecule has 0 aromatic carbocycles. The fourth-order valence-electron chi connectivity index (χ4n) is 6.56. The van der Waals surface area contributed by atoms with Crippen molar-refractivity contribution < 1.29 is 62.8 Å². The molecular weight excluding hydrogens is 781 g/mol. The van der Waals surface area contributed by atoms with Gasteiger partial charge in [0.1, 0.15) is 12.6 Å². The van der Waals surface area contributed by atoms with Crippen LogP contribution in [0.5, 0.6) is 0 Å². The van der Waals surface area contributed by atoms with Gasteiger partial charge < -0.3 is 40.5 Å². The Kier molecular flexibility index (Phi) is 31.3. The zero-order valence-corrected chi connectivity index (χ0v) is 36.6. The maximum Gasteiger partial charge on any atom is 0.472 e. The van der Waals surface area contributed by atoms with Crippen LogP contribution in [-0.4, -0.2) is 93.5 Å². The van der Waals surface area contributed by atoms with E-state index in [-0.39, 0.29) is 31.1 Å². The van der Waals surface area contributed by atoms with E-state index in [9.17, 15) is 39.2 Å². The zero-order valence-electron chi connectivity index (χ0n) is 35.7. The number of nitrogens with two attached hydrogens (primary N) is 1. The molecule has 1 saturated carbocycles. The number of carboxylic acid groups (broad SMARTS) is 1. The lowest BCUT2D eigenvalue weighted by molar-refractivity contribution is -0.161. The van der Waals surface area contributed by atoms with Crippen molar-refractivity contribution in [3.05, 3.63) is 48.6 Å². The van der Waals surface area contributed by atoms with Crippen LogP contribution in [0.1, 0.15) is 149 Å². The molecule has 1 rings (SSSR count). The van der Waals surface area contributed by atoms with Crippen molar-refractivity contribution in [3.63, 3.8) is 0 Å². The first-order valence-corrected chi connectivity index (χ1v) is 23.4. The van der Waals surface area contributed by atoms with Crippen LogP contribution in [0.4, 0.5) is 0 Å². The highest BCUT2D eigenvalue weighted by atomic mass is 31.2. The van der Waals surface area contributed by atoms with Gasteiger partial charge >= 0.3 is 25.7 Å². The van der Waals surface area contributed by atoms with Gasteiger partial charge in [-0.15, -0.1) is 0 Å². The Labute approximate surface area is 352 Å². The predicted molar refractivity (Wildman–Crippen MR) is 228 cm³/mol. The van der Waals surface area contributed by atoms with Crippen LogP contribution < -0.4 is 5.73 Å². The summed E-state index contributed by atoms with van der Waals surface area (Å²) >= 11 is 0. The molecule has 14 nitrogen and oxygen atoms in total. The van der Waals surface area contributed by atoms with E-state index in [1.807, 2.05) is 18.2 Å². The van der Waals surface area contributed by atoms with Crippen LogP contribution in [0.25, 0.3) is 0 Å². The fourth-order valence-corrected chi connectivity index (χ4v) is 7.34. The number of unbranched alkanes of at least 4 members (excludes halogenated alkanes) is 11. The average Bonchev–Trinajstić information content (AvgIpc) is 3.47. The molecule has 0 aliphatic heterocycles. The minimum Gasteiger partial charge on any atom is -0.480 e. The quantitative estimate of drug-likeness (QED) is 0.0153. The SMILES string of the molecule is CCCCC/C=C\C/C=C\CCCCCCCC(=O)OC[C@H](COP(=O)(O)OC[C@H](N)C(=O)O)OC(=O)CCC/C=C/C[C@@H]1[C@@H](/C=C/[C@@H](O)CCCCC)[C@H](O)C[C@@H]1O. The Morgan fingerprint density at radius 3 is 2.03 bits per heavy atom. The van der Waals surface area contributed by atoms with E-state index in [0.717, 1.165) is 64.2 Å². The Balaban J connectivity index is 2.53. The van der Waals surface area contributed by atoms with Crippen LogP contribution >= 0.6 is 7.82 Å². The van der Waals surface area contributed by atoms with Gasteiger partial charge in [0.05, 0.1) is 31.5 Å². The van der Waals surface area contributed by atoms with Crippen LogP contribution in [0.15, 0.2) is 48.6 Å². The number of phosphoric acid groups is 1. The highest BCUT2D eigenvalue weighted by Crippen LogP contribution is 2.43. The first-order chi connectivity index (χ1) is 28.3. The Morgan fingerprint density at radius 1 is 0.746 bits per heavy atom. The molecule has 340 valence electrons. The molecular formula is C44H76NO13P. The lowest BCUT2D eigenvalue weighted by atomic mass is 9.89. The van der Waals surface area contributed by atoms with Crippen molar-refractivity contribution in [3.8, 4) is 0 Å². The molecule has 0 heterocycles. The number of carbonyl (C=O) groups is 3. The molecule has 8 atom stereocenters. The van der Waals surface area contributed by atoms with E-state index in [1.54, 1.807) is 6.08 Å². The smallest absolute Gasteiger partial charge is 0.472 e. The Morgan fingerprint density at radius 2 is 1.34 bits per heavy atom. The Bertz CT molecular complexity index is 1310. The third-order valence-electron chi connectivity index (χ3n) is 10.1. The molecule has 7 N–H and O–H groups in total. The minimum absolute atomic E-state index is 0.0203. The third-order valence-corrected chi connectivity index (χ3v) is 11.1. The molecule has 0 radical (unpaired) electrons. The van der Waals surface area contributed by atoms with E-state index in [1.165, 1.54) is 19.3 Å². The summed E-state index contributed by atoms with van der Waals surface area (Å²) in [5.41, 5.74) is 5.33. The summed E-state index contributed by atoms with van der Waals surface area (Å²) in [7, 11) is -4.79. The number of rotatable bonds is 36. The van der Waals surface area contributed by atoms with Gasteiger partial charge in [0, 0.05) is 25.2 Å². The number of aliphatic carboxylic acids is 1. The van der Waals surface area contributed by atoms with E-state index in [0.29, 0.717) is 32.1 Å². The van der Waals surface area contributed by atoms with Crippen molar-refractivity contribution >= 4 is 25.7 Å². The first kappa shape index (κ1) is 54.3. The number of esters is 2. The fraction of sp³-hybridized carbons (Fsp3) is 0.750. The molecule has 0 spiro atoms. The van der Waals surface area contributed by atoms with Crippen molar-refractivity contribution in [2.45, 2.75) is 179 Å². The largest absolute Gasteiger partial charge is 0.480 e. The summed E-state index contributed by atoms with van der Waals surface area (Å²) in [5, 5.41) is 40.2. The highest BCUT2D eigenvalue weighted by molar-refractivity contribution is 7.47. The number of ether oxygens (including phenoxy) is 2. The third kappa shape index (κ3) is 28.5. The van der Waals surface area contributed by atoms with Crippen molar-refractivity contribution in [2.75, 3.05) is 19.8 Å². The zero-order chi connectivity index (χ0) is 43.7. The van der Waals surface area contributed by atoms with Gasteiger partial charge in [-0.2, -0.15) is 0 Å². The number of allylic oxidation sites excluding steroid dienone is 6. The van der Waals surface area contributed by atoms with Crippen molar-refractivity contribution in [2.24, 2.45) is 17.6 Å². The van der Waals surface area contributed by atoms with E-state index in [2.05, 4.69) is 42.7 Å². The van der Waals surface area contributed by atoms with Gasteiger partial charge in [-0.25, -0.2) is 4.57 Å². The van der Waals surface area contributed by atoms with Crippen LogP contribution in [0.3, 0.4) is 0 Å². The number of aliphatic hydroxyl groups excluding tert-OH is 3. The molecule has 15 heteroatoms. The number of hydrogen-bond acceptors (Lipinski definition) is 12. The van der Waals surface area contributed by atoms with Gasteiger partial charge in [-0.05, 0) is 70.1 Å². The summed E-state index contributed by atoms with van der Waals surface area (Å²) in [4.78, 5) is 46.2. The Hall–Kier alpha value is -2.68. The molecule has 1 fully saturated rings. The van der Waals surface area contributed by atoms with E-state index in [4.69, 9.17) is 24.8 Å². The number of hydrogen-bond donors (Lipinski definition) is 6. The molecule has 59 heavy (non-hydrogen) atoms. The molecule has 0 aromatic rings. The molecule has 0 bridgehead atoms. The maximum absolute atomic E-state index is 12.7. The lowest BCUT2D eigenvalue weighted by Crippen LogP contribution is -2.34. The maximum atomic E-state index is 12.7. The molecule has 1 aliphatic carbocycles. The van der Waals surface area contributed by atoms with Gasteiger partial charge in [0.2, 0.25) is 0 Å². The topological polar surface area (TPSA) is 232 Å². The summed E-state index contributed by atoms with van der Waals surface area (Å²) < 4.78 is 32.6. The van der Waals surface area contributed by atoms with E-state index >= 15 is 0 Å². The van der Waals surface area contributed by atoms with E-state index < -0.39 is 76.0 Å². The highest BCUT2D eigenvalue weighted by Gasteiger charge is 2.39. The van der Waals surface area contributed by atoms with Gasteiger partial charge in [-0.1, -0.05) is 114 Å². The molecule has 0 saturated heterocycles. The molecule has 0 aromatic heterocycles. The van der Waals surface area contributed by atoms with Crippen molar-refractivity contribution in [1.29, 1.82) is 0 Å². The number of aliphatic hydroxyl groups is 3.